The van der Waals surface area contributed by atoms with Crippen LogP contribution in [0.2, 0.25) is 0 Å². The number of thiophene rings is 1. The molecule has 0 radical (unpaired) electrons. The molecule has 5 nitrogen and oxygen atoms in total. The van der Waals surface area contributed by atoms with Crippen LogP contribution in [0.15, 0.2) is 60.0 Å². The van der Waals surface area contributed by atoms with Crippen molar-refractivity contribution in [2.45, 2.75) is 6.42 Å². The van der Waals surface area contributed by atoms with Gasteiger partial charge in [0.05, 0.1) is 26.4 Å². The molecule has 3 heterocycles. The van der Waals surface area contributed by atoms with Gasteiger partial charge in [0.25, 0.3) is 5.91 Å². The van der Waals surface area contributed by atoms with E-state index >= 15 is 0 Å². The maximum atomic E-state index is 14.4. The Morgan fingerprint density at radius 2 is 1.83 bits per heavy atom. The summed E-state index contributed by atoms with van der Waals surface area (Å²) in [5.74, 6) is -1.66. The summed E-state index contributed by atoms with van der Waals surface area (Å²) in [6.07, 6.45) is 0.687. The van der Waals surface area contributed by atoms with Gasteiger partial charge in [-0.3, -0.25) is 9.69 Å². The molecule has 178 valence electrons. The van der Waals surface area contributed by atoms with Crippen LogP contribution in [0.3, 0.4) is 0 Å². The van der Waals surface area contributed by atoms with Crippen LogP contribution in [0.1, 0.15) is 16.8 Å². The monoisotopic (exact) mass is 508 g/mol. The Bertz CT molecular complexity index is 1520. The lowest BCUT2D eigenvalue weighted by Crippen LogP contribution is -2.33. The Hall–Kier alpha value is -3.27. The third-order valence-electron chi connectivity index (χ3n) is 5.59. The van der Waals surface area contributed by atoms with Gasteiger partial charge in [-0.2, -0.15) is 0 Å². The first kappa shape index (κ1) is 23.5. The van der Waals surface area contributed by atoms with Crippen molar-refractivity contribution in [3.63, 3.8) is 0 Å². The van der Waals surface area contributed by atoms with Crippen molar-refractivity contribution in [3.8, 4) is 10.6 Å². The molecule has 0 aliphatic carbocycles. The summed E-state index contributed by atoms with van der Waals surface area (Å²) in [6.45, 7) is 1.14. The molecule has 0 atom stereocenters. The van der Waals surface area contributed by atoms with Crippen LogP contribution >= 0.6 is 22.7 Å². The van der Waals surface area contributed by atoms with Gasteiger partial charge in [0.1, 0.15) is 11.3 Å². The number of aromatic nitrogens is 2. The minimum Gasteiger partial charge on any atom is -0.309 e. The second kappa shape index (κ2) is 9.77. The van der Waals surface area contributed by atoms with Crippen molar-refractivity contribution in [2.24, 2.45) is 0 Å². The molecule has 9 heteroatoms. The highest BCUT2D eigenvalue weighted by Crippen LogP contribution is 2.34. The number of carbonyl (C=O) groups is 1. The number of fused-ring (bicyclic) bond motifs is 2. The zero-order valence-electron chi connectivity index (χ0n) is 19.2. The minimum atomic E-state index is -0.738. The number of halogens is 2. The molecular formula is C26H22F2N4OS2. The van der Waals surface area contributed by atoms with Crippen molar-refractivity contribution < 1.29 is 13.6 Å². The van der Waals surface area contributed by atoms with Gasteiger partial charge < -0.3 is 4.90 Å². The van der Waals surface area contributed by atoms with Gasteiger partial charge >= 0.3 is 0 Å². The first-order valence-electron chi connectivity index (χ1n) is 11.1. The third-order valence-corrected chi connectivity index (χ3v) is 7.50. The van der Waals surface area contributed by atoms with E-state index in [-0.39, 0.29) is 11.4 Å². The number of benzene rings is 2. The van der Waals surface area contributed by atoms with Crippen molar-refractivity contribution in [1.29, 1.82) is 0 Å². The van der Waals surface area contributed by atoms with Gasteiger partial charge in [0, 0.05) is 18.0 Å². The van der Waals surface area contributed by atoms with Crippen LogP contribution in [0.5, 0.6) is 0 Å². The number of anilines is 1. The highest BCUT2D eigenvalue weighted by molar-refractivity contribution is 7.22. The molecule has 0 aliphatic heterocycles. The topological polar surface area (TPSA) is 49.3 Å². The van der Waals surface area contributed by atoms with Crippen LogP contribution in [0, 0.1) is 11.6 Å². The molecule has 0 unspecified atom stereocenters. The molecule has 2 aromatic carbocycles. The summed E-state index contributed by atoms with van der Waals surface area (Å²) in [7, 11) is 3.93. The average Bonchev–Trinajstić information content (AvgIpc) is 3.51. The standard InChI is InChI=1S/C26H22F2N4OS2/c1-31(2)10-6-11-32(26-30-24-19(28)13-16(27)14-23(24)35-26)25(33)18-15-21(22-9-5-12-34-22)29-20-8-4-3-7-17(18)20/h3-5,7-9,12-15H,6,10-11H2,1-2H3. The molecule has 0 fully saturated rings. The molecule has 5 rings (SSSR count). The summed E-state index contributed by atoms with van der Waals surface area (Å²) < 4.78 is 28.6. The lowest BCUT2D eigenvalue weighted by molar-refractivity contribution is 0.0987. The third kappa shape index (κ3) is 4.80. The van der Waals surface area contributed by atoms with E-state index in [0.717, 1.165) is 34.2 Å². The van der Waals surface area contributed by atoms with E-state index in [1.165, 1.54) is 6.07 Å². The van der Waals surface area contributed by atoms with E-state index in [4.69, 9.17) is 4.98 Å². The fraction of sp³-hybridized carbons (Fsp3) is 0.192. The van der Waals surface area contributed by atoms with Gasteiger partial charge in [-0.05, 0) is 56.7 Å². The predicted molar refractivity (Wildman–Crippen MR) is 139 cm³/mol. The first-order chi connectivity index (χ1) is 16.9. The molecule has 35 heavy (non-hydrogen) atoms. The molecule has 0 bridgehead atoms. The van der Waals surface area contributed by atoms with E-state index in [1.54, 1.807) is 16.2 Å². The normalized spacial score (nSPS) is 11.6. The van der Waals surface area contributed by atoms with Crippen LogP contribution < -0.4 is 4.90 Å². The Balaban J connectivity index is 1.63. The molecule has 0 saturated carbocycles. The molecule has 0 saturated heterocycles. The number of pyridine rings is 1. The summed E-state index contributed by atoms with van der Waals surface area (Å²) in [6, 6.07) is 15.3. The van der Waals surface area contributed by atoms with Crippen LogP contribution in [-0.2, 0) is 0 Å². The van der Waals surface area contributed by atoms with Crippen LogP contribution in [0.4, 0.5) is 13.9 Å². The quantitative estimate of drug-likeness (QED) is 0.254. The molecule has 1 amide bonds. The average molecular weight is 509 g/mol. The number of hydrogen-bond acceptors (Lipinski definition) is 6. The van der Waals surface area contributed by atoms with Crippen molar-refractivity contribution >= 4 is 54.8 Å². The molecule has 3 aromatic heterocycles. The lowest BCUT2D eigenvalue weighted by atomic mass is 10.1. The van der Waals surface area contributed by atoms with E-state index in [2.05, 4.69) is 4.98 Å². The fourth-order valence-electron chi connectivity index (χ4n) is 3.94. The van der Waals surface area contributed by atoms with Gasteiger partial charge in [0.2, 0.25) is 0 Å². The summed E-state index contributed by atoms with van der Waals surface area (Å²) in [5.41, 5.74) is 1.99. The fourth-order valence-corrected chi connectivity index (χ4v) is 5.65. The molecule has 0 spiro atoms. The van der Waals surface area contributed by atoms with Crippen LogP contribution in [-0.4, -0.2) is 48.0 Å². The van der Waals surface area contributed by atoms with Gasteiger partial charge in [-0.25, -0.2) is 18.7 Å². The molecule has 0 aliphatic rings. The zero-order chi connectivity index (χ0) is 24.5. The number of para-hydroxylation sites is 1. The summed E-state index contributed by atoms with van der Waals surface area (Å²) >= 11 is 2.66. The second-order valence-corrected chi connectivity index (χ2v) is 10.4. The highest BCUT2D eigenvalue weighted by Gasteiger charge is 2.25. The van der Waals surface area contributed by atoms with E-state index in [9.17, 15) is 13.6 Å². The largest absolute Gasteiger partial charge is 0.309 e. The molecule has 5 aromatic rings. The Labute approximate surface area is 209 Å². The number of rotatable bonds is 7. The maximum Gasteiger partial charge on any atom is 0.260 e. The minimum absolute atomic E-state index is 0.0654. The Kier molecular flexibility index (Phi) is 6.55. The molecule has 0 N–H and O–H groups in total. The maximum absolute atomic E-state index is 14.4. The van der Waals surface area contributed by atoms with Crippen molar-refractivity contribution in [2.75, 3.05) is 32.1 Å². The van der Waals surface area contributed by atoms with Gasteiger partial charge in [-0.15, -0.1) is 11.3 Å². The predicted octanol–water partition coefficient (Wildman–Crippen LogP) is 6.45. The van der Waals surface area contributed by atoms with E-state index in [1.807, 2.05) is 66.8 Å². The second-order valence-electron chi connectivity index (χ2n) is 8.39. The smallest absolute Gasteiger partial charge is 0.260 e. The summed E-state index contributed by atoms with van der Waals surface area (Å²) in [5, 5.41) is 3.04. The number of thiazole rings is 1. The number of nitrogens with zero attached hydrogens (tertiary/aromatic N) is 4. The Morgan fingerprint density at radius 3 is 2.60 bits per heavy atom. The van der Waals surface area contributed by atoms with E-state index < -0.39 is 11.6 Å². The van der Waals surface area contributed by atoms with Crippen molar-refractivity contribution in [1.82, 2.24) is 14.9 Å². The Morgan fingerprint density at radius 1 is 1.00 bits per heavy atom. The number of carbonyl (C=O) groups excluding carboxylic acids is 1. The van der Waals surface area contributed by atoms with Gasteiger partial charge in [0.15, 0.2) is 10.9 Å². The SMILES string of the molecule is CN(C)CCCN(C(=O)c1cc(-c2cccs2)nc2ccccc12)c1nc2c(F)cc(F)cc2s1. The summed E-state index contributed by atoms with van der Waals surface area (Å²) in [4.78, 5) is 27.8. The zero-order valence-corrected chi connectivity index (χ0v) is 20.8. The number of amides is 1. The highest BCUT2D eigenvalue weighted by atomic mass is 32.1. The first-order valence-corrected chi connectivity index (χ1v) is 12.8. The lowest BCUT2D eigenvalue weighted by Gasteiger charge is -2.22. The van der Waals surface area contributed by atoms with E-state index in [0.29, 0.717) is 39.6 Å². The van der Waals surface area contributed by atoms with Gasteiger partial charge in [-0.1, -0.05) is 35.6 Å². The van der Waals surface area contributed by atoms with Crippen LogP contribution in [0.25, 0.3) is 31.7 Å². The van der Waals surface area contributed by atoms with Crippen molar-refractivity contribution in [3.05, 3.63) is 77.2 Å². The molecular weight excluding hydrogens is 486 g/mol. The number of hydrogen-bond donors (Lipinski definition) is 0.